The zero-order valence-corrected chi connectivity index (χ0v) is 18.3. The van der Waals surface area contributed by atoms with E-state index in [2.05, 4.69) is 20.4 Å². The first-order chi connectivity index (χ1) is 14.4. The van der Waals surface area contributed by atoms with Crippen LogP contribution in [0.1, 0.15) is 42.3 Å². The maximum Gasteiger partial charge on any atom is 0.198 e. The summed E-state index contributed by atoms with van der Waals surface area (Å²) in [7, 11) is -3.59. The fourth-order valence-electron chi connectivity index (χ4n) is 3.83. The third-order valence-corrected chi connectivity index (χ3v) is 7.24. The van der Waals surface area contributed by atoms with Crippen LogP contribution in [0.3, 0.4) is 0 Å². The van der Waals surface area contributed by atoms with Crippen molar-refractivity contribution >= 4 is 21.4 Å². The van der Waals surface area contributed by atoms with Gasteiger partial charge in [-0.05, 0) is 73.1 Å². The highest BCUT2D eigenvalue weighted by atomic mass is 35.5. The molecule has 0 N–H and O–H groups in total. The predicted molar refractivity (Wildman–Crippen MR) is 115 cm³/mol. The summed E-state index contributed by atoms with van der Waals surface area (Å²) >= 11 is 6.09. The average Bonchev–Trinajstić information content (AvgIpc) is 3.18. The summed E-state index contributed by atoms with van der Waals surface area (Å²) in [4.78, 5) is 2.57. The lowest BCUT2D eigenvalue weighted by Gasteiger charge is -2.34. The zero-order valence-electron chi connectivity index (χ0n) is 16.8. The van der Waals surface area contributed by atoms with Gasteiger partial charge in [0.25, 0.3) is 0 Å². The van der Waals surface area contributed by atoms with Gasteiger partial charge in [0, 0.05) is 5.02 Å². The molecule has 9 heteroatoms. The second-order valence-corrected chi connectivity index (χ2v) is 10.0. The minimum absolute atomic E-state index is 0.231. The lowest BCUT2D eigenvalue weighted by atomic mass is 10.0. The van der Waals surface area contributed by atoms with Crippen LogP contribution in [0.15, 0.2) is 53.4 Å². The highest BCUT2D eigenvalue weighted by molar-refractivity contribution is 7.90. The fourth-order valence-corrected chi connectivity index (χ4v) is 5.16. The van der Waals surface area contributed by atoms with Gasteiger partial charge in [-0.3, -0.25) is 4.90 Å². The standard InChI is InChI=1S/C21H24ClN5O2S/c1-16-5-11-19(12-6-16)30(28,29)15-27-21(23-24-25-27)20(26-13-3-2-4-14-26)17-7-9-18(22)10-8-17/h5-12,20H,2-4,13-15H2,1H3. The van der Waals surface area contributed by atoms with E-state index >= 15 is 0 Å². The van der Waals surface area contributed by atoms with Gasteiger partial charge in [-0.15, -0.1) is 5.10 Å². The number of nitrogens with zero attached hydrogens (tertiary/aromatic N) is 5. The van der Waals surface area contributed by atoms with Crippen LogP contribution in [0.4, 0.5) is 0 Å². The molecular weight excluding hydrogens is 422 g/mol. The van der Waals surface area contributed by atoms with Gasteiger partial charge in [0.05, 0.1) is 10.9 Å². The second-order valence-electron chi connectivity index (χ2n) is 7.64. The van der Waals surface area contributed by atoms with E-state index in [-0.39, 0.29) is 16.8 Å². The molecule has 0 spiro atoms. The first-order valence-electron chi connectivity index (χ1n) is 9.99. The Balaban J connectivity index is 1.70. The number of halogens is 1. The number of piperidine rings is 1. The van der Waals surface area contributed by atoms with Gasteiger partial charge in [0.2, 0.25) is 0 Å². The largest absolute Gasteiger partial charge is 0.290 e. The Hall–Kier alpha value is -2.29. The molecule has 0 saturated carbocycles. The minimum Gasteiger partial charge on any atom is -0.290 e. The van der Waals surface area contributed by atoms with Crippen LogP contribution in [0.25, 0.3) is 0 Å². The molecule has 30 heavy (non-hydrogen) atoms. The number of hydrogen-bond acceptors (Lipinski definition) is 6. The Morgan fingerprint density at radius 2 is 1.67 bits per heavy atom. The van der Waals surface area contributed by atoms with Gasteiger partial charge >= 0.3 is 0 Å². The highest BCUT2D eigenvalue weighted by Gasteiger charge is 2.30. The number of aryl methyl sites for hydroxylation is 1. The molecule has 0 aliphatic carbocycles. The summed E-state index contributed by atoms with van der Waals surface area (Å²) in [6, 6.07) is 14.2. The van der Waals surface area contributed by atoms with E-state index in [9.17, 15) is 8.42 Å². The predicted octanol–water partition coefficient (Wildman–Crippen LogP) is 3.64. The minimum atomic E-state index is -3.59. The van der Waals surface area contributed by atoms with Crippen LogP contribution in [0.5, 0.6) is 0 Å². The van der Waals surface area contributed by atoms with Crippen molar-refractivity contribution in [1.29, 1.82) is 0 Å². The van der Waals surface area contributed by atoms with Gasteiger partial charge in [0.15, 0.2) is 21.5 Å². The Morgan fingerprint density at radius 1 is 1.00 bits per heavy atom. The van der Waals surface area contributed by atoms with Gasteiger partial charge in [-0.1, -0.05) is 47.9 Å². The molecule has 3 aromatic rings. The molecule has 1 aliphatic heterocycles. The van der Waals surface area contributed by atoms with Crippen molar-refractivity contribution in [2.75, 3.05) is 13.1 Å². The summed E-state index contributed by atoms with van der Waals surface area (Å²) in [5.41, 5.74) is 2.00. The van der Waals surface area contributed by atoms with Crippen molar-refractivity contribution in [2.24, 2.45) is 0 Å². The Morgan fingerprint density at radius 3 is 2.33 bits per heavy atom. The van der Waals surface area contributed by atoms with E-state index < -0.39 is 9.84 Å². The number of rotatable bonds is 6. The topological polar surface area (TPSA) is 81.0 Å². The Bertz CT molecular complexity index is 1090. The summed E-state index contributed by atoms with van der Waals surface area (Å²) in [6.07, 6.45) is 3.37. The fraction of sp³-hybridized carbons (Fsp3) is 0.381. The number of aromatic nitrogens is 4. The first-order valence-corrected chi connectivity index (χ1v) is 12.0. The molecule has 1 fully saturated rings. The van der Waals surface area contributed by atoms with Crippen molar-refractivity contribution in [3.05, 3.63) is 70.5 Å². The molecule has 0 bridgehead atoms. The molecule has 1 aliphatic rings. The molecule has 0 amide bonds. The lowest BCUT2D eigenvalue weighted by molar-refractivity contribution is 0.178. The van der Waals surface area contributed by atoms with Crippen LogP contribution in [-0.4, -0.2) is 46.6 Å². The molecule has 2 heterocycles. The monoisotopic (exact) mass is 445 g/mol. The van der Waals surface area contributed by atoms with E-state index in [0.29, 0.717) is 10.8 Å². The number of likely N-dealkylation sites (tertiary alicyclic amines) is 1. The maximum absolute atomic E-state index is 13.0. The molecular formula is C21H24ClN5O2S. The van der Waals surface area contributed by atoms with Crippen LogP contribution in [-0.2, 0) is 15.7 Å². The Labute approximate surface area is 181 Å². The van der Waals surface area contributed by atoms with Gasteiger partial charge in [-0.2, -0.15) is 0 Å². The first kappa shape index (κ1) is 21.0. The number of sulfone groups is 1. The van der Waals surface area contributed by atoms with E-state index in [1.54, 1.807) is 24.3 Å². The molecule has 158 valence electrons. The zero-order chi connectivity index (χ0) is 21.1. The highest BCUT2D eigenvalue weighted by Crippen LogP contribution is 2.31. The van der Waals surface area contributed by atoms with Crippen LogP contribution in [0.2, 0.25) is 5.02 Å². The lowest BCUT2D eigenvalue weighted by Crippen LogP contribution is -2.36. The summed E-state index contributed by atoms with van der Waals surface area (Å²) in [6.45, 7) is 3.74. The van der Waals surface area contributed by atoms with Crippen molar-refractivity contribution in [1.82, 2.24) is 25.1 Å². The molecule has 1 aromatic heterocycles. The third kappa shape index (κ3) is 4.55. The number of tetrazole rings is 1. The summed E-state index contributed by atoms with van der Waals surface area (Å²) in [5.74, 6) is 0.214. The molecule has 1 atom stereocenters. The maximum atomic E-state index is 13.0. The molecule has 1 unspecified atom stereocenters. The van der Waals surface area contributed by atoms with Crippen molar-refractivity contribution in [2.45, 2.75) is 43.0 Å². The van der Waals surface area contributed by atoms with Crippen LogP contribution < -0.4 is 0 Å². The quantitative estimate of drug-likeness (QED) is 0.576. The number of hydrogen-bond donors (Lipinski definition) is 0. The van der Waals surface area contributed by atoms with E-state index in [4.69, 9.17) is 11.6 Å². The molecule has 4 rings (SSSR count). The van der Waals surface area contributed by atoms with Crippen molar-refractivity contribution in [3.8, 4) is 0 Å². The van der Waals surface area contributed by atoms with E-state index in [0.717, 1.165) is 37.1 Å². The van der Waals surface area contributed by atoms with Crippen molar-refractivity contribution in [3.63, 3.8) is 0 Å². The summed E-state index contributed by atoms with van der Waals surface area (Å²) in [5, 5.41) is 12.7. The second kappa shape index (κ2) is 8.83. The van der Waals surface area contributed by atoms with Gasteiger partial charge in [0.1, 0.15) is 0 Å². The van der Waals surface area contributed by atoms with Gasteiger partial charge < -0.3 is 0 Å². The summed E-state index contributed by atoms with van der Waals surface area (Å²) < 4.78 is 27.4. The molecule has 2 aromatic carbocycles. The Kier molecular flexibility index (Phi) is 6.17. The SMILES string of the molecule is Cc1ccc(S(=O)(=O)Cn2nnnc2C(c2ccc(Cl)cc2)N2CCCCC2)cc1. The average molecular weight is 446 g/mol. The van der Waals surface area contributed by atoms with Gasteiger partial charge in [-0.25, -0.2) is 13.1 Å². The third-order valence-electron chi connectivity index (χ3n) is 5.42. The normalized spacial score (nSPS) is 16.5. The van der Waals surface area contributed by atoms with E-state index in [1.807, 2.05) is 31.2 Å². The van der Waals surface area contributed by atoms with Crippen molar-refractivity contribution < 1.29 is 8.42 Å². The van der Waals surface area contributed by atoms with Crippen LogP contribution in [0, 0.1) is 6.92 Å². The smallest absolute Gasteiger partial charge is 0.198 e. The van der Waals surface area contributed by atoms with E-state index in [1.165, 1.54) is 11.1 Å². The number of benzene rings is 2. The molecule has 0 radical (unpaired) electrons. The molecule has 1 saturated heterocycles. The molecule has 7 nitrogen and oxygen atoms in total. The van der Waals surface area contributed by atoms with Crippen LogP contribution >= 0.6 is 11.6 Å².